The Hall–Kier alpha value is -1.82. The molecule has 0 amide bonds. The van der Waals surface area contributed by atoms with Gasteiger partial charge in [0.05, 0.1) is 5.56 Å². The van der Waals surface area contributed by atoms with Crippen LogP contribution in [0.3, 0.4) is 0 Å². The van der Waals surface area contributed by atoms with Crippen molar-refractivity contribution in [1.29, 1.82) is 0 Å². The summed E-state index contributed by atoms with van der Waals surface area (Å²) in [4.78, 5) is 0. The lowest BCUT2D eigenvalue weighted by molar-refractivity contribution is 0.479. The van der Waals surface area contributed by atoms with E-state index in [-0.39, 0.29) is 11.5 Å². The molecular formula is C13H15F2N3O. The Morgan fingerprint density at radius 1 is 1.26 bits per heavy atom. The molecule has 0 atom stereocenters. The van der Waals surface area contributed by atoms with E-state index < -0.39 is 11.6 Å². The molecule has 1 N–H and O–H groups in total. The SMILES string of the molecule is CCNCCCc1nnc(-c2cccc(F)c2F)o1. The number of nitrogens with zero attached hydrogens (tertiary/aromatic N) is 2. The summed E-state index contributed by atoms with van der Waals surface area (Å²) in [6, 6.07) is 3.86. The minimum atomic E-state index is -0.967. The molecule has 1 aromatic heterocycles. The zero-order valence-electron chi connectivity index (χ0n) is 10.6. The highest BCUT2D eigenvalue weighted by molar-refractivity contribution is 5.53. The topological polar surface area (TPSA) is 51.0 Å². The Morgan fingerprint density at radius 2 is 2.11 bits per heavy atom. The van der Waals surface area contributed by atoms with E-state index in [0.717, 1.165) is 25.6 Å². The highest BCUT2D eigenvalue weighted by Gasteiger charge is 2.15. The third-order valence-corrected chi connectivity index (χ3v) is 2.64. The Kier molecular flexibility index (Phi) is 4.57. The van der Waals surface area contributed by atoms with Crippen LogP contribution in [0.1, 0.15) is 19.2 Å². The van der Waals surface area contributed by atoms with Crippen LogP contribution in [0.25, 0.3) is 11.5 Å². The zero-order valence-corrected chi connectivity index (χ0v) is 10.6. The van der Waals surface area contributed by atoms with Crippen LogP contribution in [-0.4, -0.2) is 23.3 Å². The van der Waals surface area contributed by atoms with E-state index in [0.29, 0.717) is 12.3 Å². The van der Waals surface area contributed by atoms with Crippen molar-refractivity contribution < 1.29 is 13.2 Å². The average Bonchev–Trinajstić information content (AvgIpc) is 2.87. The Bertz CT molecular complexity index is 542. The number of aryl methyl sites for hydroxylation is 1. The monoisotopic (exact) mass is 267 g/mol. The molecule has 0 unspecified atom stereocenters. The summed E-state index contributed by atoms with van der Waals surface area (Å²) < 4.78 is 32.0. The molecule has 0 aliphatic carbocycles. The van der Waals surface area contributed by atoms with Gasteiger partial charge < -0.3 is 9.73 Å². The van der Waals surface area contributed by atoms with E-state index in [4.69, 9.17) is 4.42 Å². The number of rotatable bonds is 6. The molecule has 0 saturated carbocycles. The second kappa shape index (κ2) is 6.38. The van der Waals surface area contributed by atoms with Crippen molar-refractivity contribution in [1.82, 2.24) is 15.5 Å². The van der Waals surface area contributed by atoms with Crippen LogP contribution in [0.2, 0.25) is 0 Å². The highest BCUT2D eigenvalue weighted by Crippen LogP contribution is 2.23. The molecule has 1 aromatic carbocycles. The average molecular weight is 267 g/mol. The Morgan fingerprint density at radius 3 is 2.89 bits per heavy atom. The van der Waals surface area contributed by atoms with E-state index in [1.807, 2.05) is 6.92 Å². The smallest absolute Gasteiger partial charge is 0.250 e. The number of aromatic nitrogens is 2. The molecule has 4 nitrogen and oxygen atoms in total. The number of hydrogen-bond donors (Lipinski definition) is 1. The lowest BCUT2D eigenvalue weighted by Gasteiger charge is -1.99. The van der Waals surface area contributed by atoms with Gasteiger partial charge in [-0.3, -0.25) is 0 Å². The van der Waals surface area contributed by atoms with E-state index in [1.165, 1.54) is 12.1 Å². The van der Waals surface area contributed by atoms with Crippen LogP contribution in [-0.2, 0) is 6.42 Å². The van der Waals surface area contributed by atoms with Crippen molar-refractivity contribution in [3.8, 4) is 11.5 Å². The normalized spacial score (nSPS) is 10.9. The summed E-state index contributed by atoms with van der Waals surface area (Å²) in [6.45, 7) is 3.78. The van der Waals surface area contributed by atoms with Crippen molar-refractivity contribution in [2.75, 3.05) is 13.1 Å². The third-order valence-electron chi connectivity index (χ3n) is 2.64. The van der Waals surface area contributed by atoms with E-state index in [1.54, 1.807) is 0 Å². The van der Waals surface area contributed by atoms with Crippen molar-refractivity contribution in [2.24, 2.45) is 0 Å². The summed E-state index contributed by atoms with van der Waals surface area (Å²) in [7, 11) is 0. The van der Waals surface area contributed by atoms with Crippen LogP contribution >= 0.6 is 0 Å². The first-order valence-electron chi connectivity index (χ1n) is 6.20. The fourth-order valence-corrected chi connectivity index (χ4v) is 1.67. The van der Waals surface area contributed by atoms with Gasteiger partial charge in [-0.05, 0) is 31.6 Å². The summed E-state index contributed by atoms with van der Waals surface area (Å²) in [6.07, 6.45) is 1.46. The molecule has 6 heteroatoms. The van der Waals surface area contributed by atoms with Gasteiger partial charge in [-0.1, -0.05) is 13.0 Å². The summed E-state index contributed by atoms with van der Waals surface area (Å²) in [5.41, 5.74) is -0.00886. The molecule has 2 rings (SSSR count). The van der Waals surface area contributed by atoms with Crippen LogP contribution in [0.15, 0.2) is 22.6 Å². The predicted octanol–water partition coefficient (Wildman–Crippen LogP) is 2.56. The maximum Gasteiger partial charge on any atom is 0.250 e. The van der Waals surface area contributed by atoms with Crippen LogP contribution in [0.4, 0.5) is 8.78 Å². The molecule has 0 radical (unpaired) electrons. The molecule has 1 heterocycles. The van der Waals surface area contributed by atoms with Gasteiger partial charge in [0.15, 0.2) is 11.6 Å². The number of benzene rings is 1. The molecular weight excluding hydrogens is 252 g/mol. The maximum atomic E-state index is 13.5. The zero-order chi connectivity index (χ0) is 13.7. The summed E-state index contributed by atoms with van der Waals surface area (Å²) >= 11 is 0. The van der Waals surface area contributed by atoms with Crippen molar-refractivity contribution in [2.45, 2.75) is 19.8 Å². The quantitative estimate of drug-likeness (QED) is 0.817. The first-order valence-corrected chi connectivity index (χ1v) is 6.20. The van der Waals surface area contributed by atoms with E-state index >= 15 is 0 Å². The molecule has 2 aromatic rings. The Balaban J connectivity index is 2.06. The lowest BCUT2D eigenvalue weighted by atomic mass is 10.2. The second-order valence-corrected chi connectivity index (χ2v) is 4.06. The van der Waals surface area contributed by atoms with Gasteiger partial charge in [-0.15, -0.1) is 10.2 Å². The van der Waals surface area contributed by atoms with Crippen LogP contribution in [0.5, 0.6) is 0 Å². The first-order chi connectivity index (χ1) is 9.22. The van der Waals surface area contributed by atoms with Crippen LogP contribution < -0.4 is 5.32 Å². The van der Waals surface area contributed by atoms with E-state index in [9.17, 15) is 8.78 Å². The summed E-state index contributed by atoms with van der Waals surface area (Å²) in [5, 5.41) is 10.7. The standard InChI is InChI=1S/C13H15F2N3O/c1-2-16-8-4-7-11-17-18-13(19-11)9-5-3-6-10(14)12(9)15/h3,5-6,16H,2,4,7-8H2,1H3. The number of halogens is 2. The third kappa shape index (κ3) is 3.35. The van der Waals surface area contributed by atoms with Crippen molar-refractivity contribution in [3.63, 3.8) is 0 Å². The maximum absolute atomic E-state index is 13.5. The Labute approximate surface area is 109 Å². The molecule has 0 aliphatic heterocycles. The van der Waals surface area contributed by atoms with Gasteiger partial charge in [0.25, 0.3) is 5.89 Å². The molecule has 0 spiro atoms. The van der Waals surface area contributed by atoms with Crippen LogP contribution in [0, 0.1) is 11.6 Å². The fraction of sp³-hybridized carbons (Fsp3) is 0.385. The number of hydrogen-bond acceptors (Lipinski definition) is 4. The van der Waals surface area contributed by atoms with Gasteiger partial charge in [0, 0.05) is 6.42 Å². The highest BCUT2D eigenvalue weighted by atomic mass is 19.2. The van der Waals surface area contributed by atoms with Crippen molar-refractivity contribution in [3.05, 3.63) is 35.7 Å². The van der Waals surface area contributed by atoms with E-state index in [2.05, 4.69) is 15.5 Å². The van der Waals surface area contributed by atoms with Gasteiger partial charge >= 0.3 is 0 Å². The molecule has 0 fully saturated rings. The van der Waals surface area contributed by atoms with Crippen molar-refractivity contribution >= 4 is 0 Å². The first kappa shape index (κ1) is 13.6. The second-order valence-electron chi connectivity index (χ2n) is 4.06. The summed E-state index contributed by atoms with van der Waals surface area (Å²) in [5.74, 6) is -1.46. The molecule has 102 valence electrons. The minimum absolute atomic E-state index is 0.00886. The lowest BCUT2D eigenvalue weighted by Crippen LogP contribution is -2.14. The van der Waals surface area contributed by atoms with Gasteiger partial charge in [-0.25, -0.2) is 8.78 Å². The molecule has 19 heavy (non-hydrogen) atoms. The molecule has 0 aliphatic rings. The molecule has 0 bridgehead atoms. The van der Waals surface area contributed by atoms with Gasteiger partial charge in [-0.2, -0.15) is 0 Å². The minimum Gasteiger partial charge on any atom is -0.421 e. The molecule has 0 saturated heterocycles. The van der Waals surface area contributed by atoms with Gasteiger partial charge in [0.1, 0.15) is 0 Å². The number of nitrogens with one attached hydrogen (secondary N) is 1. The predicted molar refractivity (Wildman–Crippen MR) is 66.5 cm³/mol. The fourth-order valence-electron chi connectivity index (χ4n) is 1.67. The largest absolute Gasteiger partial charge is 0.421 e. The van der Waals surface area contributed by atoms with Gasteiger partial charge in [0.2, 0.25) is 5.89 Å².